The molecule has 2 unspecified atom stereocenters. The summed E-state index contributed by atoms with van der Waals surface area (Å²) in [6.07, 6.45) is 1.12. The minimum absolute atomic E-state index is 0.116. The lowest BCUT2D eigenvalue weighted by molar-refractivity contribution is -0.131. The van der Waals surface area contributed by atoms with Gasteiger partial charge in [-0.1, -0.05) is 18.7 Å². The molecule has 16 heavy (non-hydrogen) atoms. The second-order valence-electron chi connectivity index (χ2n) is 4.01. The first-order valence-electron chi connectivity index (χ1n) is 5.81. The van der Waals surface area contributed by atoms with Crippen LogP contribution < -0.4 is 5.32 Å². The van der Waals surface area contributed by atoms with Crippen molar-refractivity contribution in [3.63, 3.8) is 0 Å². The van der Waals surface area contributed by atoms with E-state index in [-0.39, 0.29) is 11.9 Å². The summed E-state index contributed by atoms with van der Waals surface area (Å²) in [5.74, 6) is 0.116. The normalized spacial score (nSPS) is 21.5. The molecule has 0 aromatic rings. The van der Waals surface area contributed by atoms with E-state index in [1.807, 2.05) is 20.9 Å². The highest BCUT2D eigenvalue weighted by atomic mass is 32.2. The van der Waals surface area contributed by atoms with Gasteiger partial charge < -0.3 is 10.2 Å². The van der Waals surface area contributed by atoms with E-state index in [1.54, 1.807) is 16.7 Å². The summed E-state index contributed by atoms with van der Waals surface area (Å²) in [6, 6.07) is -0.188. The van der Waals surface area contributed by atoms with Crippen molar-refractivity contribution in [3.8, 4) is 0 Å². The van der Waals surface area contributed by atoms with Crippen molar-refractivity contribution in [1.29, 1.82) is 0 Å². The van der Waals surface area contributed by atoms with E-state index in [2.05, 4.69) is 17.2 Å². The van der Waals surface area contributed by atoms with Crippen LogP contribution >= 0.6 is 11.8 Å². The zero-order valence-corrected chi connectivity index (χ0v) is 11.3. The van der Waals surface area contributed by atoms with Gasteiger partial charge in [0.25, 0.3) is 0 Å². The van der Waals surface area contributed by atoms with E-state index in [4.69, 9.17) is 0 Å². The number of nitrogens with zero attached hydrogens (tertiary/aromatic N) is 2. The van der Waals surface area contributed by atoms with Gasteiger partial charge in [-0.05, 0) is 20.3 Å². The second-order valence-corrected chi connectivity index (χ2v) is 5.30. The van der Waals surface area contributed by atoms with Crippen molar-refractivity contribution in [2.24, 2.45) is 4.99 Å². The molecule has 2 atom stereocenters. The van der Waals surface area contributed by atoms with Crippen molar-refractivity contribution >= 4 is 22.8 Å². The highest BCUT2D eigenvalue weighted by Gasteiger charge is 2.22. The molecule has 0 radical (unpaired) electrons. The van der Waals surface area contributed by atoms with Crippen LogP contribution in [0.2, 0.25) is 0 Å². The molecule has 1 amide bonds. The Balaban J connectivity index is 2.40. The van der Waals surface area contributed by atoms with Crippen LogP contribution in [0.25, 0.3) is 0 Å². The monoisotopic (exact) mass is 243 g/mol. The van der Waals surface area contributed by atoms with Crippen LogP contribution in [0.1, 0.15) is 27.2 Å². The maximum atomic E-state index is 11.8. The van der Waals surface area contributed by atoms with Crippen LogP contribution in [0.4, 0.5) is 0 Å². The van der Waals surface area contributed by atoms with Gasteiger partial charge in [0.2, 0.25) is 5.91 Å². The standard InChI is InChI=1S/C11H21N3OS/c1-5-9-7-12-11(16-9)13-8(3)10(15)14(4)6-2/h8-9H,5-7H2,1-4H3,(H,12,13). The lowest BCUT2D eigenvalue weighted by atomic mass is 10.3. The number of likely N-dealkylation sites (N-methyl/N-ethyl adjacent to an activating group) is 1. The van der Waals surface area contributed by atoms with Crippen molar-refractivity contribution in [1.82, 2.24) is 10.2 Å². The van der Waals surface area contributed by atoms with Crippen molar-refractivity contribution in [3.05, 3.63) is 0 Å². The Morgan fingerprint density at radius 3 is 2.88 bits per heavy atom. The zero-order valence-electron chi connectivity index (χ0n) is 10.5. The maximum Gasteiger partial charge on any atom is 0.244 e. The topological polar surface area (TPSA) is 44.7 Å². The fraction of sp³-hybridized carbons (Fsp3) is 0.818. The molecule has 0 aromatic heterocycles. The summed E-state index contributed by atoms with van der Waals surface area (Å²) in [5, 5.41) is 4.67. The van der Waals surface area contributed by atoms with Crippen LogP contribution in [0, 0.1) is 0 Å². The van der Waals surface area contributed by atoms with Gasteiger partial charge in [-0.25, -0.2) is 0 Å². The van der Waals surface area contributed by atoms with E-state index < -0.39 is 0 Å². The van der Waals surface area contributed by atoms with Crippen molar-refractivity contribution in [2.75, 3.05) is 20.1 Å². The molecule has 1 rings (SSSR count). The van der Waals surface area contributed by atoms with E-state index >= 15 is 0 Å². The molecule has 5 heteroatoms. The molecule has 0 fully saturated rings. The number of rotatable bonds is 4. The Labute approximate surface area is 102 Å². The number of hydrogen-bond acceptors (Lipinski definition) is 4. The molecule has 1 heterocycles. The van der Waals surface area contributed by atoms with Crippen LogP contribution in [0.5, 0.6) is 0 Å². The molecule has 0 aliphatic carbocycles. The molecule has 1 aliphatic rings. The predicted molar refractivity (Wildman–Crippen MR) is 69.9 cm³/mol. The Morgan fingerprint density at radius 2 is 2.38 bits per heavy atom. The summed E-state index contributed by atoms with van der Waals surface area (Å²) in [5.41, 5.74) is 0. The van der Waals surface area contributed by atoms with E-state index in [9.17, 15) is 4.79 Å². The molecular weight excluding hydrogens is 222 g/mol. The fourth-order valence-corrected chi connectivity index (χ4v) is 2.47. The summed E-state index contributed by atoms with van der Waals surface area (Å²) in [4.78, 5) is 17.9. The SMILES string of the molecule is CCC1CN=C(NC(C)C(=O)N(C)CC)S1. The first-order valence-corrected chi connectivity index (χ1v) is 6.69. The quantitative estimate of drug-likeness (QED) is 0.810. The molecule has 0 spiro atoms. The van der Waals surface area contributed by atoms with Gasteiger partial charge in [0.1, 0.15) is 6.04 Å². The van der Waals surface area contributed by atoms with Crippen molar-refractivity contribution in [2.45, 2.75) is 38.5 Å². The van der Waals surface area contributed by atoms with Gasteiger partial charge in [0, 0.05) is 18.8 Å². The van der Waals surface area contributed by atoms with Crippen LogP contribution in [0.15, 0.2) is 4.99 Å². The van der Waals surface area contributed by atoms with Gasteiger partial charge in [-0.3, -0.25) is 9.79 Å². The molecule has 0 bridgehead atoms. The first kappa shape index (κ1) is 13.4. The van der Waals surface area contributed by atoms with Gasteiger partial charge in [-0.15, -0.1) is 0 Å². The molecule has 4 nitrogen and oxygen atoms in total. The summed E-state index contributed by atoms with van der Waals surface area (Å²) < 4.78 is 0. The summed E-state index contributed by atoms with van der Waals surface area (Å²) >= 11 is 1.74. The van der Waals surface area contributed by atoms with Gasteiger partial charge in [0.15, 0.2) is 5.17 Å². The third-order valence-corrected chi connectivity index (χ3v) is 4.02. The number of thioether (sulfide) groups is 1. The van der Waals surface area contributed by atoms with Gasteiger partial charge >= 0.3 is 0 Å². The van der Waals surface area contributed by atoms with E-state index in [0.29, 0.717) is 5.25 Å². The average molecular weight is 243 g/mol. The molecule has 0 saturated heterocycles. The van der Waals surface area contributed by atoms with E-state index in [1.165, 1.54) is 0 Å². The largest absolute Gasteiger partial charge is 0.353 e. The minimum Gasteiger partial charge on any atom is -0.353 e. The average Bonchev–Trinajstić information content (AvgIpc) is 2.74. The number of amides is 1. The molecule has 0 aromatic carbocycles. The molecule has 1 N–H and O–H groups in total. The number of carbonyl (C=O) groups excluding carboxylic acids is 1. The Bertz CT molecular complexity index is 280. The first-order chi connectivity index (χ1) is 7.58. The molecule has 92 valence electrons. The predicted octanol–water partition coefficient (Wildman–Crippen LogP) is 1.32. The van der Waals surface area contributed by atoms with E-state index in [0.717, 1.165) is 24.7 Å². The Kier molecular flexibility index (Phi) is 5.12. The lowest BCUT2D eigenvalue weighted by Gasteiger charge is -2.21. The highest BCUT2D eigenvalue weighted by molar-refractivity contribution is 8.14. The summed E-state index contributed by atoms with van der Waals surface area (Å²) in [7, 11) is 1.82. The third-order valence-electron chi connectivity index (χ3n) is 2.73. The Morgan fingerprint density at radius 1 is 1.69 bits per heavy atom. The smallest absolute Gasteiger partial charge is 0.244 e. The number of nitrogens with one attached hydrogen (secondary N) is 1. The third kappa shape index (κ3) is 3.40. The van der Waals surface area contributed by atoms with Crippen molar-refractivity contribution < 1.29 is 4.79 Å². The minimum atomic E-state index is -0.188. The maximum absolute atomic E-state index is 11.8. The number of amidine groups is 1. The van der Waals surface area contributed by atoms with Gasteiger partial charge in [0.05, 0.1) is 6.54 Å². The second kappa shape index (κ2) is 6.13. The highest BCUT2D eigenvalue weighted by Crippen LogP contribution is 2.22. The number of aliphatic imine (C=N–C) groups is 1. The van der Waals surface area contributed by atoms with Crippen LogP contribution in [0.3, 0.4) is 0 Å². The fourth-order valence-electron chi connectivity index (χ4n) is 1.44. The van der Waals surface area contributed by atoms with Gasteiger partial charge in [-0.2, -0.15) is 0 Å². The summed E-state index contributed by atoms with van der Waals surface area (Å²) in [6.45, 7) is 7.63. The molecule has 1 aliphatic heterocycles. The lowest BCUT2D eigenvalue weighted by Crippen LogP contribution is -2.44. The Hall–Kier alpha value is -0.710. The van der Waals surface area contributed by atoms with Crippen LogP contribution in [-0.2, 0) is 4.79 Å². The van der Waals surface area contributed by atoms with Crippen LogP contribution in [-0.4, -0.2) is 47.4 Å². The number of carbonyl (C=O) groups is 1. The number of hydrogen-bond donors (Lipinski definition) is 1. The molecule has 0 saturated carbocycles. The zero-order chi connectivity index (χ0) is 12.1. The molecular formula is C11H21N3OS.